The van der Waals surface area contributed by atoms with Crippen LogP contribution < -0.4 is 10.6 Å². The van der Waals surface area contributed by atoms with Gasteiger partial charge in [0, 0.05) is 36.0 Å². The Bertz CT molecular complexity index is 1020. The average Bonchev–Trinajstić information content (AvgIpc) is 3.29. The van der Waals surface area contributed by atoms with E-state index < -0.39 is 0 Å². The summed E-state index contributed by atoms with van der Waals surface area (Å²) in [7, 11) is 0. The molecule has 0 amide bonds. The summed E-state index contributed by atoms with van der Waals surface area (Å²) in [5, 5.41) is 7.88. The minimum Gasteiger partial charge on any atom is -0.385 e. The van der Waals surface area contributed by atoms with E-state index in [1.165, 1.54) is 10.4 Å². The van der Waals surface area contributed by atoms with Crippen molar-refractivity contribution in [1.82, 2.24) is 19.5 Å². The van der Waals surface area contributed by atoms with Gasteiger partial charge in [-0.15, -0.1) is 11.3 Å². The summed E-state index contributed by atoms with van der Waals surface area (Å²) in [4.78, 5) is 15.7. The first-order valence-corrected chi connectivity index (χ1v) is 9.38. The van der Waals surface area contributed by atoms with Gasteiger partial charge < -0.3 is 10.6 Å². The molecule has 0 aliphatic rings. The van der Waals surface area contributed by atoms with Gasteiger partial charge >= 0.3 is 0 Å². The number of benzene rings is 1. The Balaban J connectivity index is 1.66. The van der Waals surface area contributed by atoms with Crippen molar-refractivity contribution in [2.24, 2.45) is 0 Å². The smallest absolute Gasteiger partial charge is 0.238 e. The highest BCUT2D eigenvalue weighted by atomic mass is 32.1. The number of fused-ring (bicyclic) bond motifs is 1. The van der Waals surface area contributed by atoms with Gasteiger partial charge in [0.25, 0.3) is 0 Å². The lowest BCUT2D eigenvalue weighted by Crippen LogP contribution is -2.06. The molecule has 132 valence electrons. The number of aryl methyl sites for hydroxylation is 1. The molecular formula is C19H20N6S. The monoisotopic (exact) mass is 364 g/mol. The van der Waals surface area contributed by atoms with E-state index in [9.17, 15) is 0 Å². The molecule has 26 heavy (non-hydrogen) atoms. The second-order valence-electron chi connectivity index (χ2n) is 6.00. The molecule has 0 spiro atoms. The molecule has 4 aromatic rings. The van der Waals surface area contributed by atoms with E-state index in [4.69, 9.17) is 4.98 Å². The van der Waals surface area contributed by atoms with Crippen LogP contribution in [0, 0.1) is 6.92 Å². The van der Waals surface area contributed by atoms with E-state index in [-0.39, 0.29) is 0 Å². The maximum Gasteiger partial charge on any atom is 0.238 e. The number of nitrogens with zero attached hydrogens (tertiary/aromatic N) is 4. The van der Waals surface area contributed by atoms with Crippen LogP contribution in [0.1, 0.15) is 17.4 Å². The molecule has 3 aromatic heterocycles. The van der Waals surface area contributed by atoms with Gasteiger partial charge in [-0.3, -0.25) is 4.57 Å². The molecule has 0 aliphatic heterocycles. The standard InChI is InChI=1S/C19H20N6S/c1-3-21-15-6-4-5-14(10-15)11-22-17-16-9-13(2)26-18(16)24-19(23-17)25-8-7-20-12-25/h4-10,12,21H,3,11H2,1-2H3,(H,22,23,24). The number of hydrogen-bond donors (Lipinski definition) is 2. The quantitative estimate of drug-likeness (QED) is 0.536. The SMILES string of the molecule is CCNc1cccc(CNc2nc(-n3ccnc3)nc3sc(C)cc23)c1. The predicted octanol–water partition coefficient (Wildman–Crippen LogP) is 4.23. The third-order valence-electron chi connectivity index (χ3n) is 4.01. The van der Waals surface area contributed by atoms with Gasteiger partial charge in [-0.25, -0.2) is 9.97 Å². The van der Waals surface area contributed by atoms with Crippen LogP contribution in [0.3, 0.4) is 0 Å². The molecule has 7 heteroatoms. The zero-order chi connectivity index (χ0) is 17.9. The lowest BCUT2D eigenvalue weighted by Gasteiger charge is -2.10. The van der Waals surface area contributed by atoms with Crippen LogP contribution in [0.15, 0.2) is 49.1 Å². The number of rotatable bonds is 6. The minimum absolute atomic E-state index is 0.626. The lowest BCUT2D eigenvalue weighted by molar-refractivity contribution is 0.939. The molecule has 0 saturated carbocycles. The van der Waals surface area contributed by atoms with Crippen LogP contribution >= 0.6 is 11.3 Å². The van der Waals surface area contributed by atoms with Crippen LogP contribution in [-0.4, -0.2) is 26.1 Å². The highest BCUT2D eigenvalue weighted by Crippen LogP contribution is 2.29. The molecule has 1 aromatic carbocycles. The minimum atomic E-state index is 0.626. The molecule has 0 aliphatic carbocycles. The van der Waals surface area contributed by atoms with E-state index in [0.717, 1.165) is 28.3 Å². The van der Waals surface area contributed by atoms with Crippen molar-refractivity contribution in [3.05, 3.63) is 59.5 Å². The first-order valence-electron chi connectivity index (χ1n) is 8.56. The number of imidazole rings is 1. The lowest BCUT2D eigenvalue weighted by atomic mass is 10.2. The Morgan fingerprint density at radius 1 is 1.15 bits per heavy atom. The van der Waals surface area contributed by atoms with Crippen LogP contribution in [0.4, 0.5) is 11.5 Å². The van der Waals surface area contributed by atoms with E-state index in [0.29, 0.717) is 12.5 Å². The number of aromatic nitrogens is 4. The second kappa shape index (κ2) is 7.13. The molecule has 0 radical (unpaired) electrons. The average molecular weight is 364 g/mol. The van der Waals surface area contributed by atoms with Gasteiger partial charge in [-0.2, -0.15) is 4.98 Å². The zero-order valence-corrected chi connectivity index (χ0v) is 15.5. The van der Waals surface area contributed by atoms with Crippen molar-refractivity contribution in [2.45, 2.75) is 20.4 Å². The third-order valence-corrected chi connectivity index (χ3v) is 4.95. The summed E-state index contributed by atoms with van der Waals surface area (Å²) in [5.74, 6) is 1.47. The van der Waals surface area contributed by atoms with Gasteiger partial charge in [-0.05, 0) is 37.6 Å². The molecule has 0 atom stereocenters. The predicted molar refractivity (Wildman–Crippen MR) is 107 cm³/mol. The van der Waals surface area contributed by atoms with E-state index >= 15 is 0 Å². The summed E-state index contributed by atoms with van der Waals surface area (Å²) < 4.78 is 1.82. The van der Waals surface area contributed by atoms with Crippen LogP contribution in [0.2, 0.25) is 0 Å². The fraction of sp³-hybridized carbons (Fsp3) is 0.211. The number of nitrogens with one attached hydrogen (secondary N) is 2. The van der Waals surface area contributed by atoms with Crippen molar-refractivity contribution in [3.63, 3.8) is 0 Å². The Morgan fingerprint density at radius 2 is 2.08 bits per heavy atom. The van der Waals surface area contributed by atoms with Crippen molar-refractivity contribution < 1.29 is 0 Å². The fourth-order valence-electron chi connectivity index (χ4n) is 2.84. The Morgan fingerprint density at radius 3 is 2.88 bits per heavy atom. The van der Waals surface area contributed by atoms with Crippen LogP contribution in [-0.2, 0) is 6.54 Å². The van der Waals surface area contributed by atoms with Gasteiger partial charge in [0.15, 0.2) is 0 Å². The first-order chi connectivity index (χ1) is 12.7. The van der Waals surface area contributed by atoms with Crippen LogP contribution in [0.25, 0.3) is 16.2 Å². The number of hydrogen-bond acceptors (Lipinski definition) is 6. The summed E-state index contributed by atoms with van der Waals surface area (Å²) >= 11 is 1.67. The molecule has 3 heterocycles. The molecule has 4 rings (SSSR count). The topological polar surface area (TPSA) is 67.7 Å². The summed E-state index contributed by atoms with van der Waals surface area (Å²) in [6, 6.07) is 10.5. The van der Waals surface area contributed by atoms with E-state index in [2.05, 4.69) is 64.8 Å². The molecule has 0 fully saturated rings. The van der Waals surface area contributed by atoms with E-state index in [1.807, 2.05) is 10.8 Å². The van der Waals surface area contributed by atoms with Crippen LogP contribution in [0.5, 0.6) is 0 Å². The zero-order valence-electron chi connectivity index (χ0n) is 14.7. The highest BCUT2D eigenvalue weighted by Gasteiger charge is 2.11. The molecule has 2 N–H and O–H groups in total. The number of anilines is 2. The van der Waals surface area contributed by atoms with Crippen molar-refractivity contribution in [1.29, 1.82) is 0 Å². The molecule has 0 unspecified atom stereocenters. The molecular weight excluding hydrogens is 344 g/mol. The maximum atomic E-state index is 4.72. The van der Waals surface area contributed by atoms with Crippen molar-refractivity contribution in [3.8, 4) is 5.95 Å². The summed E-state index contributed by atoms with van der Waals surface area (Å²) in [6.07, 6.45) is 5.29. The Labute approximate surface area is 156 Å². The highest BCUT2D eigenvalue weighted by molar-refractivity contribution is 7.18. The number of thiophene rings is 1. The van der Waals surface area contributed by atoms with Crippen molar-refractivity contribution >= 4 is 33.1 Å². The maximum absolute atomic E-state index is 4.72. The largest absolute Gasteiger partial charge is 0.385 e. The Kier molecular flexibility index (Phi) is 4.53. The first kappa shape index (κ1) is 16.5. The van der Waals surface area contributed by atoms with Gasteiger partial charge in [-0.1, -0.05) is 12.1 Å². The van der Waals surface area contributed by atoms with Crippen molar-refractivity contribution in [2.75, 3.05) is 17.2 Å². The molecule has 6 nitrogen and oxygen atoms in total. The molecule has 0 bridgehead atoms. The molecule has 0 saturated heterocycles. The van der Waals surface area contributed by atoms with E-state index in [1.54, 1.807) is 23.9 Å². The normalized spacial score (nSPS) is 11.0. The van der Waals surface area contributed by atoms with Gasteiger partial charge in [0.1, 0.15) is 17.0 Å². The summed E-state index contributed by atoms with van der Waals surface area (Å²) in [6.45, 7) is 5.79. The van der Waals surface area contributed by atoms with Gasteiger partial charge in [0.05, 0.1) is 5.39 Å². The Hall–Kier alpha value is -2.93. The summed E-state index contributed by atoms with van der Waals surface area (Å²) in [5.41, 5.74) is 2.33. The third kappa shape index (κ3) is 3.39. The fourth-order valence-corrected chi connectivity index (χ4v) is 3.71. The van der Waals surface area contributed by atoms with Gasteiger partial charge in [0.2, 0.25) is 5.95 Å². The second-order valence-corrected chi connectivity index (χ2v) is 7.24.